The standard InChI is InChI=1S/C53H54N2O/c1-9-39(5)44-21-19-43(20-22-44)35-56-53-28-25-50(34-42(53)8)55(49-18-12-15-38(4)31-49)52-27-24-46(33-41(52)7)45-23-26-51(40(6)32-45)54(47-16-10-13-36(2)29-47)48-17-11-14-37(3)30-48/h10-34,39H,9,35H2,1-8H3. The summed E-state index contributed by atoms with van der Waals surface area (Å²) in [4.78, 5) is 4.74. The number of anilines is 6. The lowest BCUT2D eigenvalue weighted by molar-refractivity contribution is 0.304. The molecule has 1 atom stereocenters. The van der Waals surface area contributed by atoms with Crippen molar-refractivity contribution in [1.29, 1.82) is 0 Å². The van der Waals surface area contributed by atoms with E-state index in [0.29, 0.717) is 12.5 Å². The van der Waals surface area contributed by atoms with Gasteiger partial charge in [-0.25, -0.2) is 0 Å². The second-order valence-corrected chi connectivity index (χ2v) is 15.5. The monoisotopic (exact) mass is 734 g/mol. The molecule has 0 fully saturated rings. The molecule has 0 aliphatic rings. The zero-order valence-electron chi connectivity index (χ0n) is 34.2. The van der Waals surface area contributed by atoms with Crippen LogP contribution >= 0.6 is 0 Å². The second-order valence-electron chi connectivity index (χ2n) is 15.5. The van der Waals surface area contributed by atoms with Crippen molar-refractivity contribution in [2.45, 2.75) is 74.3 Å². The molecule has 0 aliphatic heterocycles. The van der Waals surface area contributed by atoms with E-state index < -0.39 is 0 Å². The van der Waals surface area contributed by atoms with E-state index in [-0.39, 0.29) is 0 Å². The van der Waals surface area contributed by atoms with Crippen LogP contribution in [0.15, 0.2) is 152 Å². The van der Waals surface area contributed by atoms with Crippen LogP contribution in [-0.2, 0) is 6.61 Å². The number of ether oxygens (including phenoxy) is 1. The van der Waals surface area contributed by atoms with Gasteiger partial charge in [-0.1, -0.05) is 86.6 Å². The fraction of sp³-hybridized carbons (Fsp3) is 0.208. The molecule has 0 aromatic heterocycles. The molecule has 3 nitrogen and oxygen atoms in total. The summed E-state index contributed by atoms with van der Waals surface area (Å²) in [5.74, 6) is 1.47. The summed E-state index contributed by atoms with van der Waals surface area (Å²) in [6.07, 6.45) is 1.14. The van der Waals surface area contributed by atoms with Gasteiger partial charge in [0.15, 0.2) is 0 Å². The van der Waals surface area contributed by atoms with Crippen LogP contribution < -0.4 is 14.5 Å². The SMILES string of the molecule is CCC(C)c1ccc(COc2ccc(N(c3cccc(C)c3)c3ccc(-c4ccc(N(c5cccc(C)c5)c5cccc(C)c5)c(C)c4)cc3C)cc2C)cc1. The number of rotatable bonds is 12. The van der Waals surface area contributed by atoms with Gasteiger partial charge in [0.2, 0.25) is 0 Å². The van der Waals surface area contributed by atoms with Crippen molar-refractivity contribution in [3.8, 4) is 16.9 Å². The van der Waals surface area contributed by atoms with E-state index in [1.54, 1.807) is 0 Å². The van der Waals surface area contributed by atoms with Crippen molar-refractivity contribution in [2.24, 2.45) is 0 Å². The summed E-state index contributed by atoms with van der Waals surface area (Å²) < 4.78 is 6.37. The van der Waals surface area contributed by atoms with Gasteiger partial charge in [-0.2, -0.15) is 0 Å². The van der Waals surface area contributed by atoms with Gasteiger partial charge in [-0.15, -0.1) is 0 Å². The molecule has 0 radical (unpaired) electrons. The Morgan fingerprint density at radius 1 is 0.464 bits per heavy atom. The summed E-state index contributed by atoms with van der Waals surface area (Å²) in [6, 6.07) is 55.3. The Morgan fingerprint density at radius 2 is 0.929 bits per heavy atom. The Hall–Kier alpha value is -6.06. The molecule has 282 valence electrons. The van der Waals surface area contributed by atoms with Crippen LogP contribution in [0.25, 0.3) is 11.1 Å². The lowest BCUT2D eigenvalue weighted by Gasteiger charge is -2.29. The minimum Gasteiger partial charge on any atom is -0.489 e. The summed E-state index contributed by atoms with van der Waals surface area (Å²) in [7, 11) is 0. The number of aryl methyl sites for hydroxylation is 6. The third-order valence-electron chi connectivity index (χ3n) is 11.0. The van der Waals surface area contributed by atoms with Crippen molar-refractivity contribution in [2.75, 3.05) is 9.80 Å². The zero-order chi connectivity index (χ0) is 39.3. The van der Waals surface area contributed by atoms with Crippen LogP contribution in [0.3, 0.4) is 0 Å². The summed E-state index contributed by atoms with van der Waals surface area (Å²) in [6.45, 7) is 18.1. The lowest BCUT2D eigenvalue weighted by Crippen LogP contribution is -2.12. The molecule has 0 bridgehead atoms. The molecule has 7 rings (SSSR count). The van der Waals surface area contributed by atoms with Gasteiger partial charge in [0.05, 0.1) is 0 Å². The van der Waals surface area contributed by atoms with E-state index in [4.69, 9.17) is 4.74 Å². The zero-order valence-corrected chi connectivity index (χ0v) is 34.2. The summed E-state index contributed by atoms with van der Waals surface area (Å²) >= 11 is 0. The molecule has 7 aromatic rings. The topological polar surface area (TPSA) is 15.7 Å². The maximum Gasteiger partial charge on any atom is 0.122 e. The second kappa shape index (κ2) is 16.8. The molecular weight excluding hydrogens is 681 g/mol. The van der Waals surface area contributed by atoms with Gasteiger partial charge in [0.1, 0.15) is 12.4 Å². The van der Waals surface area contributed by atoms with Crippen molar-refractivity contribution < 1.29 is 4.74 Å². The smallest absolute Gasteiger partial charge is 0.122 e. The largest absolute Gasteiger partial charge is 0.489 e. The molecule has 56 heavy (non-hydrogen) atoms. The maximum absolute atomic E-state index is 6.37. The number of benzene rings is 7. The Bertz CT molecular complexity index is 2420. The molecule has 3 heteroatoms. The molecule has 0 heterocycles. The van der Waals surface area contributed by atoms with Gasteiger partial charge >= 0.3 is 0 Å². The molecule has 0 saturated heterocycles. The quantitative estimate of drug-likeness (QED) is 0.124. The first-order valence-corrected chi connectivity index (χ1v) is 19.9. The highest BCUT2D eigenvalue weighted by molar-refractivity contribution is 5.84. The van der Waals surface area contributed by atoms with Crippen LogP contribution in [0.4, 0.5) is 34.1 Å². The first-order chi connectivity index (χ1) is 27.1. The predicted octanol–water partition coefficient (Wildman–Crippen LogP) is 15.2. The van der Waals surface area contributed by atoms with Crippen LogP contribution in [0.2, 0.25) is 0 Å². The number of hydrogen-bond donors (Lipinski definition) is 0. The van der Waals surface area contributed by atoms with Gasteiger partial charge in [0, 0.05) is 34.1 Å². The summed E-state index contributed by atoms with van der Waals surface area (Å²) in [5, 5.41) is 0. The molecule has 0 spiro atoms. The summed E-state index contributed by atoms with van der Waals surface area (Å²) in [5.41, 5.74) is 19.0. The van der Waals surface area contributed by atoms with Crippen LogP contribution in [0.1, 0.15) is 70.7 Å². The Kier molecular flexibility index (Phi) is 11.4. The predicted molar refractivity (Wildman–Crippen MR) is 239 cm³/mol. The molecule has 0 aliphatic carbocycles. The van der Waals surface area contributed by atoms with Crippen LogP contribution in [-0.4, -0.2) is 0 Å². The van der Waals surface area contributed by atoms with E-state index in [0.717, 1.165) is 46.2 Å². The highest BCUT2D eigenvalue weighted by atomic mass is 16.5. The normalized spacial score (nSPS) is 11.6. The number of hydrogen-bond acceptors (Lipinski definition) is 3. The first kappa shape index (κ1) is 38.2. The Morgan fingerprint density at radius 3 is 1.34 bits per heavy atom. The van der Waals surface area contributed by atoms with Gasteiger partial charge in [-0.3, -0.25) is 0 Å². The third kappa shape index (κ3) is 8.43. The van der Waals surface area contributed by atoms with E-state index >= 15 is 0 Å². The molecule has 0 N–H and O–H groups in total. The fourth-order valence-corrected chi connectivity index (χ4v) is 7.60. The molecule has 7 aromatic carbocycles. The molecular formula is C53H54N2O. The van der Waals surface area contributed by atoms with Crippen molar-refractivity contribution in [3.63, 3.8) is 0 Å². The van der Waals surface area contributed by atoms with Gasteiger partial charge in [0.25, 0.3) is 0 Å². The average Bonchev–Trinajstić information content (AvgIpc) is 3.19. The molecule has 0 saturated carbocycles. The molecule has 0 amide bonds. The van der Waals surface area contributed by atoms with Crippen molar-refractivity contribution in [1.82, 2.24) is 0 Å². The van der Waals surface area contributed by atoms with Crippen LogP contribution in [0.5, 0.6) is 5.75 Å². The Balaban J connectivity index is 1.19. The minimum absolute atomic E-state index is 0.541. The van der Waals surface area contributed by atoms with Crippen LogP contribution in [0, 0.1) is 41.5 Å². The lowest BCUT2D eigenvalue weighted by atomic mass is 9.98. The van der Waals surface area contributed by atoms with E-state index in [9.17, 15) is 0 Å². The van der Waals surface area contributed by atoms with E-state index in [2.05, 4.69) is 217 Å². The minimum atomic E-state index is 0.541. The molecule has 1 unspecified atom stereocenters. The van der Waals surface area contributed by atoms with Gasteiger partial charge in [-0.05, 0) is 188 Å². The number of nitrogens with zero attached hydrogens (tertiary/aromatic N) is 2. The average molecular weight is 735 g/mol. The van der Waals surface area contributed by atoms with E-state index in [1.807, 2.05) is 0 Å². The van der Waals surface area contributed by atoms with Crippen molar-refractivity contribution in [3.05, 3.63) is 196 Å². The van der Waals surface area contributed by atoms with Crippen molar-refractivity contribution >= 4 is 34.1 Å². The van der Waals surface area contributed by atoms with Gasteiger partial charge < -0.3 is 14.5 Å². The highest BCUT2D eigenvalue weighted by Gasteiger charge is 2.19. The highest BCUT2D eigenvalue weighted by Crippen LogP contribution is 2.42. The third-order valence-corrected chi connectivity index (χ3v) is 11.0. The first-order valence-electron chi connectivity index (χ1n) is 19.9. The Labute approximate surface area is 334 Å². The fourth-order valence-electron chi connectivity index (χ4n) is 7.60. The van der Waals surface area contributed by atoms with E-state index in [1.165, 1.54) is 55.8 Å². The maximum atomic E-state index is 6.37.